The van der Waals surface area contributed by atoms with E-state index in [0.717, 1.165) is 10.5 Å². The molecular weight excluding hydrogens is 348 g/mol. The van der Waals surface area contributed by atoms with Crippen molar-refractivity contribution in [3.63, 3.8) is 0 Å². The van der Waals surface area contributed by atoms with Crippen molar-refractivity contribution in [3.8, 4) is 0 Å². The molecule has 8 heteroatoms. The number of halogens is 1. The molecule has 1 aliphatic heterocycles. The summed E-state index contributed by atoms with van der Waals surface area (Å²) < 4.78 is 5.27. The van der Waals surface area contributed by atoms with E-state index >= 15 is 0 Å². The highest BCUT2D eigenvalue weighted by Gasteiger charge is 2.54. The Bertz CT molecular complexity index is 715. The van der Waals surface area contributed by atoms with Crippen LogP contribution in [0.25, 0.3) is 0 Å². The van der Waals surface area contributed by atoms with Crippen LogP contribution in [0.3, 0.4) is 0 Å². The zero-order chi connectivity index (χ0) is 18.6. The van der Waals surface area contributed by atoms with Gasteiger partial charge in [0.25, 0.3) is 5.91 Å². The fourth-order valence-electron chi connectivity index (χ4n) is 2.39. The van der Waals surface area contributed by atoms with Gasteiger partial charge in [-0.15, -0.1) is 0 Å². The smallest absolute Gasteiger partial charge is 0.355 e. The van der Waals surface area contributed by atoms with Crippen LogP contribution < -0.4 is 5.32 Å². The zero-order valence-corrected chi connectivity index (χ0v) is 14.7. The van der Waals surface area contributed by atoms with Crippen LogP contribution in [-0.4, -0.2) is 45.9 Å². The van der Waals surface area contributed by atoms with Gasteiger partial charge < -0.3 is 15.2 Å². The number of nitrogens with zero attached hydrogens (tertiary/aromatic N) is 1. The molecule has 1 fully saturated rings. The zero-order valence-electron chi connectivity index (χ0n) is 13.9. The lowest BCUT2D eigenvalue weighted by molar-refractivity contribution is -0.154. The van der Waals surface area contributed by atoms with E-state index in [0.29, 0.717) is 5.57 Å². The summed E-state index contributed by atoms with van der Waals surface area (Å²) in [5.74, 6) is -2.07. The fraction of sp³-hybridized carbons (Fsp3) is 0.353. The molecule has 0 bridgehead atoms. The SMILES string of the molecule is CC(C)=C(C(=O)OCc1ccccc1)N1C[C@@](Cl)(NC(=O)CO)C1=O. The first-order chi connectivity index (χ1) is 11.8. The minimum Gasteiger partial charge on any atom is -0.456 e. The number of nitrogens with one attached hydrogen (secondary N) is 1. The van der Waals surface area contributed by atoms with Crippen LogP contribution in [0.4, 0.5) is 0 Å². The van der Waals surface area contributed by atoms with Crippen LogP contribution >= 0.6 is 11.6 Å². The molecule has 0 spiro atoms. The number of amides is 2. The maximum absolute atomic E-state index is 12.4. The maximum Gasteiger partial charge on any atom is 0.355 e. The lowest BCUT2D eigenvalue weighted by Crippen LogP contribution is -2.71. The number of hydrogen-bond acceptors (Lipinski definition) is 5. The van der Waals surface area contributed by atoms with E-state index in [4.69, 9.17) is 21.4 Å². The van der Waals surface area contributed by atoms with Crippen LogP contribution in [0.2, 0.25) is 0 Å². The molecule has 1 aromatic carbocycles. The number of β-lactam (4-membered cyclic amide) rings is 1. The normalized spacial score (nSPS) is 19.0. The van der Waals surface area contributed by atoms with Crippen molar-refractivity contribution >= 4 is 29.4 Å². The molecule has 1 saturated heterocycles. The van der Waals surface area contributed by atoms with Gasteiger partial charge in [0.15, 0.2) is 0 Å². The Morgan fingerprint density at radius 3 is 2.48 bits per heavy atom. The van der Waals surface area contributed by atoms with Gasteiger partial charge in [0.2, 0.25) is 10.9 Å². The molecule has 0 aliphatic carbocycles. The fourth-order valence-corrected chi connectivity index (χ4v) is 2.72. The average molecular weight is 367 g/mol. The Morgan fingerprint density at radius 2 is 1.96 bits per heavy atom. The minimum absolute atomic E-state index is 0.0751. The van der Waals surface area contributed by atoms with Crippen molar-refractivity contribution in [1.82, 2.24) is 10.2 Å². The number of hydrogen-bond donors (Lipinski definition) is 2. The highest BCUT2D eigenvalue weighted by Crippen LogP contribution is 2.32. The van der Waals surface area contributed by atoms with Gasteiger partial charge in [-0.2, -0.15) is 0 Å². The van der Waals surface area contributed by atoms with Gasteiger partial charge >= 0.3 is 5.97 Å². The Balaban J connectivity index is 2.05. The van der Waals surface area contributed by atoms with E-state index in [1.807, 2.05) is 30.3 Å². The first-order valence-corrected chi connectivity index (χ1v) is 7.97. The Labute approximate surface area is 150 Å². The van der Waals surface area contributed by atoms with E-state index in [-0.39, 0.29) is 18.8 Å². The molecule has 25 heavy (non-hydrogen) atoms. The third-order valence-corrected chi connectivity index (χ3v) is 3.97. The second-order valence-electron chi connectivity index (χ2n) is 5.81. The molecule has 0 aromatic heterocycles. The average Bonchev–Trinajstić information content (AvgIpc) is 2.59. The molecule has 0 radical (unpaired) electrons. The number of benzene rings is 1. The summed E-state index contributed by atoms with van der Waals surface area (Å²) in [5.41, 5.74) is 1.50. The molecule has 1 atom stereocenters. The largest absolute Gasteiger partial charge is 0.456 e. The molecule has 7 nitrogen and oxygen atoms in total. The number of allylic oxidation sites excluding steroid dienone is 1. The first kappa shape index (κ1) is 19.0. The van der Waals surface area contributed by atoms with Crippen LogP contribution in [0.1, 0.15) is 19.4 Å². The van der Waals surface area contributed by atoms with Crippen molar-refractivity contribution in [2.75, 3.05) is 13.2 Å². The Hall–Kier alpha value is -2.38. The lowest BCUT2D eigenvalue weighted by Gasteiger charge is -2.45. The Kier molecular flexibility index (Phi) is 5.81. The number of esters is 1. The van der Waals surface area contributed by atoms with Crippen LogP contribution in [-0.2, 0) is 25.7 Å². The van der Waals surface area contributed by atoms with Gasteiger partial charge in [-0.25, -0.2) is 4.79 Å². The summed E-state index contributed by atoms with van der Waals surface area (Å²) >= 11 is 6.04. The van der Waals surface area contributed by atoms with Gasteiger partial charge in [-0.05, 0) is 25.0 Å². The van der Waals surface area contributed by atoms with Crippen LogP contribution in [0.15, 0.2) is 41.6 Å². The van der Waals surface area contributed by atoms with Crippen LogP contribution in [0, 0.1) is 0 Å². The number of ether oxygens (including phenoxy) is 1. The maximum atomic E-state index is 12.4. The number of carbonyl (C=O) groups excluding carboxylic acids is 3. The molecular formula is C17H19ClN2O5. The van der Waals surface area contributed by atoms with E-state index in [2.05, 4.69) is 5.32 Å². The number of likely N-dealkylation sites (tertiary alicyclic amines) is 1. The highest BCUT2D eigenvalue weighted by atomic mass is 35.5. The number of aliphatic hydroxyl groups excluding tert-OH is 1. The molecule has 2 amide bonds. The van der Waals surface area contributed by atoms with E-state index < -0.39 is 29.4 Å². The van der Waals surface area contributed by atoms with Crippen molar-refractivity contribution in [2.24, 2.45) is 0 Å². The predicted octanol–water partition coefficient (Wildman–Crippen LogP) is 0.909. The van der Waals surface area contributed by atoms with E-state index in [1.165, 1.54) is 0 Å². The third kappa shape index (κ3) is 4.18. The van der Waals surface area contributed by atoms with Crippen molar-refractivity contribution in [2.45, 2.75) is 25.5 Å². The molecule has 0 unspecified atom stereocenters. The second-order valence-corrected chi connectivity index (χ2v) is 6.45. The summed E-state index contributed by atoms with van der Waals surface area (Å²) in [7, 11) is 0. The second kappa shape index (κ2) is 7.67. The summed E-state index contributed by atoms with van der Waals surface area (Å²) in [5, 5.41) is 11.0. The number of rotatable bonds is 6. The van der Waals surface area contributed by atoms with Gasteiger partial charge in [-0.3, -0.25) is 14.5 Å². The van der Waals surface area contributed by atoms with E-state index in [9.17, 15) is 14.4 Å². The number of carbonyl (C=O) groups is 3. The van der Waals surface area contributed by atoms with Gasteiger partial charge in [0, 0.05) is 0 Å². The molecule has 2 N–H and O–H groups in total. The van der Waals surface area contributed by atoms with E-state index in [1.54, 1.807) is 13.8 Å². The monoisotopic (exact) mass is 366 g/mol. The molecule has 1 aliphatic rings. The topological polar surface area (TPSA) is 95.9 Å². The lowest BCUT2D eigenvalue weighted by atomic mass is 10.0. The van der Waals surface area contributed by atoms with Crippen molar-refractivity contribution in [3.05, 3.63) is 47.2 Å². The highest BCUT2D eigenvalue weighted by molar-refractivity contribution is 6.38. The van der Waals surface area contributed by atoms with Crippen LogP contribution in [0.5, 0.6) is 0 Å². The first-order valence-electron chi connectivity index (χ1n) is 7.60. The third-order valence-electron chi connectivity index (χ3n) is 3.59. The minimum atomic E-state index is -1.65. The van der Waals surface area contributed by atoms with Crippen molar-refractivity contribution in [1.29, 1.82) is 0 Å². The number of alkyl halides is 1. The summed E-state index contributed by atoms with van der Waals surface area (Å²) in [4.78, 5) is 35.5. The van der Waals surface area contributed by atoms with Gasteiger partial charge in [0.1, 0.15) is 18.9 Å². The van der Waals surface area contributed by atoms with Crippen molar-refractivity contribution < 1.29 is 24.2 Å². The van der Waals surface area contributed by atoms with Gasteiger partial charge in [-0.1, -0.05) is 41.9 Å². The Morgan fingerprint density at radius 1 is 1.32 bits per heavy atom. The number of aliphatic hydroxyl groups is 1. The summed E-state index contributed by atoms with van der Waals surface area (Å²) in [6, 6.07) is 9.15. The van der Waals surface area contributed by atoms with Gasteiger partial charge in [0.05, 0.1) is 6.54 Å². The standard InChI is InChI=1S/C17H19ClN2O5/c1-11(2)14(15(23)25-9-12-6-4-3-5-7-12)20-10-17(18,16(20)24)19-13(22)8-21/h3-7,21H,8-10H2,1-2H3,(H,19,22)/t17-/m1/s1. The summed E-state index contributed by atoms with van der Waals surface area (Å²) in [6.07, 6.45) is 0. The molecule has 134 valence electrons. The molecule has 2 rings (SSSR count). The molecule has 1 aromatic rings. The molecule has 0 saturated carbocycles. The predicted molar refractivity (Wildman–Crippen MR) is 90.1 cm³/mol. The molecule has 1 heterocycles. The summed E-state index contributed by atoms with van der Waals surface area (Å²) in [6.45, 7) is 2.54. The quantitative estimate of drug-likeness (QED) is 0.256.